The second kappa shape index (κ2) is 3.92. The van der Waals surface area contributed by atoms with Crippen molar-refractivity contribution in [2.75, 3.05) is 6.54 Å². The normalized spacial score (nSPS) is 18.7. The summed E-state index contributed by atoms with van der Waals surface area (Å²) in [5, 5.41) is 10.9. The Morgan fingerprint density at radius 2 is 2.17 bits per heavy atom. The van der Waals surface area contributed by atoms with E-state index in [2.05, 4.69) is 38.7 Å². The van der Waals surface area contributed by atoms with Gasteiger partial charge in [-0.05, 0) is 36.9 Å². The van der Waals surface area contributed by atoms with Crippen molar-refractivity contribution in [3.8, 4) is 11.4 Å². The SMILES string of the molecule is c1cc2c(c(-c3n[nH]c(C4CC4)n3)c1)CCNC2. The quantitative estimate of drug-likeness (QED) is 0.844. The van der Waals surface area contributed by atoms with Crippen LogP contribution in [0.15, 0.2) is 18.2 Å². The molecule has 4 nitrogen and oxygen atoms in total. The first kappa shape index (κ1) is 10.3. The number of H-pyrrole nitrogens is 1. The van der Waals surface area contributed by atoms with Crippen molar-refractivity contribution in [2.45, 2.75) is 31.7 Å². The molecule has 0 bridgehead atoms. The number of rotatable bonds is 2. The predicted molar refractivity (Wildman–Crippen MR) is 69.2 cm³/mol. The van der Waals surface area contributed by atoms with E-state index in [1.165, 1.54) is 29.5 Å². The highest BCUT2D eigenvalue weighted by Crippen LogP contribution is 2.38. The Bertz CT molecular complexity index is 583. The lowest BCUT2D eigenvalue weighted by molar-refractivity contribution is 0.644. The molecule has 1 aromatic heterocycles. The summed E-state index contributed by atoms with van der Waals surface area (Å²) in [7, 11) is 0. The molecule has 18 heavy (non-hydrogen) atoms. The average molecular weight is 240 g/mol. The van der Waals surface area contributed by atoms with Crippen LogP contribution in [0.3, 0.4) is 0 Å². The number of hydrogen-bond donors (Lipinski definition) is 2. The van der Waals surface area contributed by atoms with E-state index >= 15 is 0 Å². The highest BCUT2D eigenvalue weighted by atomic mass is 15.2. The summed E-state index contributed by atoms with van der Waals surface area (Å²) in [5.74, 6) is 2.57. The van der Waals surface area contributed by atoms with Gasteiger partial charge >= 0.3 is 0 Å². The van der Waals surface area contributed by atoms with Gasteiger partial charge in [-0.25, -0.2) is 4.98 Å². The molecule has 4 heteroatoms. The van der Waals surface area contributed by atoms with Crippen molar-refractivity contribution in [1.29, 1.82) is 0 Å². The Labute approximate surface area is 106 Å². The van der Waals surface area contributed by atoms with Crippen LogP contribution in [-0.4, -0.2) is 21.7 Å². The average Bonchev–Trinajstić information content (AvgIpc) is 3.16. The summed E-state index contributed by atoms with van der Waals surface area (Å²) in [6, 6.07) is 6.44. The summed E-state index contributed by atoms with van der Waals surface area (Å²) in [6.45, 7) is 2.01. The number of nitrogens with one attached hydrogen (secondary N) is 2. The third-order valence-corrected chi connectivity index (χ3v) is 3.85. The van der Waals surface area contributed by atoms with Gasteiger partial charge in [0.15, 0.2) is 5.82 Å². The predicted octanol–water partition coefficient (Wildman–Crippen LogP) is 1.99. The zero-order valence-electron chi connectivity index (χ0n) is 10.2. The molecule has 4 rings (SSSR count). The minimum atomic E-state index is 0.632. The second-order valence-corrected chi connectivity index (χ2v) is 5.19. The number of nitrogens with zero attached hydrogens (tertiary/aromatic N) is 2. The maximum Gasteiger partial charge on any atom is 0.181 e. The zero-order valence-corrected chi connectivity index (χ0v) is 10.2. The van der Waals surface area contributed by atoms with Gasteiger partial charge in [-0.15, -0.1) is 0 Å². The van der Waals surface area contributed by atoms with Crippen LogP contribution in [0.2, 0.25) is 0 Å². The van der Waals surface area contributed by atoms with Gasteiger partial charge in [-0.1, -0.05) is 18.2 Å². The van der Waals surface area contributed by atoms with Crippen LogP contribution in [0, 0.1) is 0 Å². The molecular formula is C14H16N4. The van der Waals surface area contributed by atoms with Gasteiger partial charge in [0, 0.05) is 18.0 Å². The molecule has 2 heterocycles. The largest absolute Gasteiger partial charge is 0.312 e. The van der Waals surface area contributed by atoms with Gasteiger partial charge in [0.25, 0.3) is 0 Å². The first-order valence-electron chi connectivity index (χ1n) is 6.66. The molecule has 0 atom stereocenters. The van der Waals surface area contributed by atoms with Crippen molar-refractivity contribution >= 4 is 0 Å². The minimum Gasteiger partial charge on any atom is -0.312 e. The molecule has 1 fully saturated rings. The fraction of sp³-hybridized carbons (Fsp3) is 0.429. The molecule has 0 saturated heterocycles. The highest BCUT2D eigenvalue weighted by molar-refractivity contribution is 5.62. The molecule has 2 N–H and O–H groups in total. The maximum atomic E-state index is 4.66. The van der Waals surface area contributed by atoms with Gasteiger partial charge in [0.2, 0.25) is 0 Å². The van der Waals surface area contributed by atoms with Gasteiger partial charge < -0.3 is 5.32 Å². The third-order valence-electron chi connectivity index (χ3n) is 3.85. The van der Waals surface area contributed by atoms with E-state index in [1.54, 1.807) is 0 Å². The first-order valence-corrected chi connectivity index (χ1v) is 6.66. The van der Waals surface area contributed by atoms with E-state index in [0.717, 1.165) is 31.2 Å². The van der Waals surface area contributed by atoms with E-state index < -0.39 is 0 Å². The fourth-order valence-electron chi connectivity index (χ4n) is 2.68. The van der Waals surface area contributed by atoms with Gasteiger partial charge in [-0.2, -0.15) is 5.10 Å². The maximum absolute atomic E-state index is 4.66. The summed E-state index contributed by atoms with van der Waals surface area (Å²) < 4.78 is 0. The molecule has 1 saturated carbocycles. The van der Waals surface area contributed by atoms with E-state index in [-0.39, 0.29) is 0 Å². The molecular weight excluding hydrogens is 224 g/mol. The van der Waals surface area contributed by atoms with Crippen molar-refractivity contribution in [3.05, 3.63) is 35.2 Å². The molecule has 2 aromatic rings. The van der Waals surface area contributed by atoms with Crippen LogP contribution in [0.25, 0.3) is 11.4 Å². The van der Waals surface area contributed by atoms with Crippen molar-refractivity contribution in [1.82, 2.24) is 20.5 Å². The molecule has 1 aliphatic carbocycles. The van der Waals surface area contributed by atoms with Gasteiger partial charge in [-0.3, -0.25) is 5.10 Å². The fourth-order valence-corrected chi connectivity index (χ4v) is 2.68. The number of benzene rings is 1. The highest BCUT2D eigenvalue weighted by Gasteiger charge is 2.27. The van der Waals surface area contributed by atoms with E-state index in [0.29, 0.717) is 5.92 Å². The molecule has 1 aromatic carbocycles. The van der Waals surface area contributed by atoms with Gasteiger partial charge in [0.1, 0.15) is 5.82 Å². The number of aromatic amines is 1. The summed E-state index contributed by atoms with van der Waals surface area (Å²) >= 11 is 0. The summed E-state index contributed by atoms with van der Waals surface area (Å²) in [6.07, 6.45) is 3.58. The minimum absolute atomic E-state index is 0.632. The number of fused-ring (bicyclic) bond motifs is 1. The molecule has 1 aliphatic heterocycles. The second-order valence-electron chi connectivity index (χ2n) is 5.19. The monoisotopic (exact) mass is 240 g/mol. The lowest BCUT2D eigenvalue weighted by Crippen LogP contribution is -2.24. The number of hydrogen-bond acceptors (Lipinski definition) is 3. The molecule has 0 amide bonds. The van der Waals surface area contributed by atoms with E-state index in [9.17, 15) is 0 Å². The summed E-state index contributed by atoms with van der Waals surface area (Å²) in [5.41, 5.74) is 4.01. The zero-order chi connectivity index (χ0) is 11.9. The van der Waals surface area contributed by atoms with Crippen LogP contribution in [-0.2, 0) is 13.0 Å². The Morgan fingerprint density at radius 3 is 3.06 bits per heavy atom. The van der Waals surface area contributed by atoms with Crippen LogP contribution in [0.1, 0.15) is 35.7 Å². The molecule has 0 unspecified atom stereocenters. The Morgan fingerprint density at radius 1 is 1.22 bits per heavy atom. The van der Waals surface area contributed by atoms with E-state index in [1.807, 2.05) is 0 Å². The van der Waals surface area contributed by atoms with Crippen molar-refractivity contribution in [2.24, 2.45) is 0 Å². The Hall–Kier alpha value is -1.68. The first-order chi connectivity index (χ1) is 8.92. The number of aromatic nitrogens is 3. The Kier molecular flexibility index (Phi) is 2.23. The standard InChI is InChI=1S/C14H16N4/c1-2-10-8-15-7-6-11(10)12(3-1)14-16-13(17-18-14)9-4-5-9/h1-3,9,15H,4-8H2,(H,16,17,18). The lowest BCUT2D eigenvalue weighted by Gasteiger charge is -2.18. The molecule has 92 valence electrons. The topological polar surface area (TPSA) is 53.6 Å². The summed E-state index contributed by atoms with van der Waals surface area (Å²) in [4.78, 5) is 4.66. The van der Waals surface area contributed by atoms with Gasteiger partial charge in [0.05, 0.1) is 0 Å². The van der Waals surface area contributed by atoms with Crippen LogP contribution in [0.5, 0.6) is 0 Å². The van der Waals surface area contributed by atoms with Crippen LogP contribution in [0.4, 0.5) is 0 Å². The lowest BCUT2D eigenvalue weighted by atomic mass is 9.95. The smallest absolute Gasteiger partial charge is 0.181 e. The Balaban J connectivity index is 1.78. The van der Waals surface area contributed by atoms with E-state index in [4.69, 9.17) is 0 Å². The molecule has 0 spiro atoms. The molecule has 2 aliphatic rings. The van der Waals surface area contributed by atoms with Crippen LogP contribution >= 0.6 is 0 Å². The van der Waals surface area contributed by atoms with Crippen molar-refractivity contribution < 1.29 is 0 Å². The third kappa shape index (κ3) is 1.64. The van der Waals surface area contributed by atoms with Crippen molar-refractivity contribution in [3.63, 3.8) is 0 Å². The molecule has 0 radical (unpaired) electrons. The van der Waals surface area contributed by atoms with Crippen LogP contribution < -0.4 is 5.32 Å².